The van der Waals surface area contributed by atoms with Crippen LogP contribution in [0.5, 0.6) is 0 Å². The highest BCUT2D eigenvalue weighted by Crippen LogP contribution is 2.31. The molecular formula is C19H18N4O2S2. The lowest BCUT2D eigenvalue weighted by molar-refractivity contribution is 0.0825. The van der Waals surface area contributed by atoms with Gasteiger partial charge in [0.1, 0.15) is 6.26 Å². The van der Waals surface area contributed by atoms with Gasteiger partial charge in [0, 0.05) is 31.1 Å². The lowest BCUT2D eigenvalue weighted by atomic mass is 10.2. The first-order chi connectivity index (χ1) is 13.2. The molecular weight excluding hydrogens is 380 g/mol. The number of thiazole rings is 1. The van der Waals surface area contributed by atoms with Crippen LogP contribution in [0.3, 0.4) is 0 Å². The molecule has 2 aromatic heterocycles. The van der Waals surface area contributed by atoms with Crippen LogP contribution in [0.15, 0.2) is 51.4 Å². The van der Waals surface area contributed by atoms with E-state index in [-0.39, 0.29) is 5.91 Å². The van der Waals surface area contributed by atoms with Crippen LogP contribution >= 0.6 is 23.1 Å². The number of hydrogen-bond acceptors (Lipinski definition) is 7. The molecule has 138 valence electrons. The summed E-state index contributed by atoms with van der Waals surface area (Å²) in [5, 5.41) is 7.07. The molecule has 8 heteroatoms. The van der Waals surface area contributed by atoms with E-state index in [1.54, 1.807) is 34.9 Å². The molecule has 3 heterocycles. The molecule has 0 saturated carbocycles. The van der Waals surface area contributed by atoms with Gasteiger partial charge in [-0.15, -0.1) is 23.1 Å². The van der Waals surface area contributed by atoms with Gasteiger partial charge in [-0.05, 0) is 11.6 Å². The van der Waals surface area contributed by atoms with Crippen molar-refractivity contribution in [2.45, 2.75) is 13.5 Å². The molecule has 1 aliphatic heterocycles. The summed E-state index contributed by atoms with van der Waals surface area (Å²) in [6.45, 7) is 3.12. The van der Waals surface area contributed by atoms with Crippen LogP contribution in [0.25, 0.3) is 6.08 Å². The highest BCUT2D eigenvalue weighted by Gasteiger charge is 2.27. The molecule has 1 saturated heterocycles. The molecule has 0 atom stereocenters. The second-order valence-corrected chi connectivity index (χ2v) is 7.93. The number of nitrogens with zero attached hydrogens (tertiary/aromatic N) is 3. The smallest absolute Gasteiger partial charge is 0.280 e. The van der Waals surface area contributed by atoms with Crippen molar-refractivity contribution in [3.63, 3.8) is 0 Å². The predicted octanol–water partition coefficient (Wildman–Crippen LogP) is 4.24. The standard InChI is InChI=1S/C19H18N4O2S2/c1-13-21-16(11-25-13)18(24)23-7-8-26-17(23)9-15-12-27-19(22-15)20-10-14-5-3-2-4-6-14/h2-6,9,11-12H,7-8,10H2,1H3,(H,20,22)/b17-9+. The van der Waals surface area contributed by atoms with Gasteiger partial charge in [-0.25, -0.2) is 9.97 Å². The first-order valence-corrected chi connectivity index (χ1v) is 10.4. The van der Waals surface area contributed by atoms with Crippen LogP contribution in [-0.4, -0.2) is 33.1 Å². The minimum atomic E-state index is -0.138. The van der Waals surface area contributed by atoms with E-state index in [4.69, 9.17) is 4.42 Å². The summed E-state index contributed by atoms with van der Waals surface area (Å²) in [5.41, 5.74) is 2.39. The van der Waals surface area contributed by atoms with Crippen molar-refractivity contribution >= 4 is 40.2 Å². The zero-order valence-corrected chi connectivity index (χ0v) is 16.3. The van der Waals surface area contributed by atoms with E-state index in [9.17, 15) is 4.79 Å². The molecule has 0 aliphatic carbocycles. The SMILES string of the molecule is Cc1nc(C(=O)N2CCS/C2=C/c2csc(NCc3ccccc3)n2)co1. The fourth-order valence-corrected chi connectivity index (χ4v) is 4.37. The van der Waals surface area contributed by atoms with Crippen molar-refractivity contribution in [3.05, 3.63) is 69.8 Å². The molecule has 6 nitrogen and oxygen atoms in total. The molecule has 1 N–H and O–H groups in total. The van der Waals surface area contributed by atoms with Gasteiger partial charge >= 0.3 is 0 Å². The quantitative estimate of drug-likeness (QED) is 0.693. The number of thioether (sulfide) groups is 1. The van der Waals surface area contributed by atoms with Crippen molar-refractivity contribution in [3.8, 4) is 0 Å². The molecule has 1 aromatic carbocycles. The average Bonchev–Trinajstić information content (AvgIpc) is 3.42. The number of benzene rings is 1. The van der Waals surface area contributed by atoms with Crippen molar-refractivity contribution in [2.24, 2.45) is 0 Å². The Kier molecular flexibility index (Phi) is 5.26. The van der Waals surface area contributed by atoms with E-state index in [1.807, 2.05) is 29.7 Å². The molecule has 1 fully saturated rings. The van der Waals surface area contributed by atoms with E-state index in [0.29, 0.717) is 18.1 Å². The van der Waals surface area contributed by atoms with Crippen molar-refractivity contribution in [1.29, 1.82) is 0 Å². The summed E-state index contributed by atoms with van der Waals surface area (Å²) in [7, 11) is 0. The normalized spacial score (nSPS) is 15.4. The van der Waals surface area contributed by atoms with Crippen LogP contribution in [-0.2, 0) is 6.54 Å². The number of nitrogens with one attached hydrogen (secondary N) is 1. The summed E-state index contributed by atoms with van der Waals surface area (Å²) in [6, 6.07) is 10.2. The number of aromatic nitrogens is 2. The molecule has 0 radical (unpaired) electrons. The Hall–Kier alpha value is -2.58. The number of oxazole rings is 1. The zero-order valence-electron chi connectivity index (χ0n) is 14.7. The highest BCUT2D eigenvalue weighted by atomic mass is 32.2. The van der Waals surface area contributed by atoms with Crippen LogP contribution in [0.2, 0.25) is 0 Å². The zero-order chi connectivity index (χ0) is 18.6. The van der Waals surface area contributed by atoms with E-state index in [0.717, 1.165) is 28.2 Å². The summed E-state index contributed by atoms with van der Waals surface area (Å²) >= 11 is 3.20. The minimum Gasteiger partial charge on any atom is -0.448 e. The van der Waals surface area contributed by atoms with Gasteiger partial charge in [-0.3, -0.25) is 4.79 Å². The van der Waals surface area contributed by atoms with Crippen molar-refractivity contribution < 1.29 is 9.21 Å². The largest absolute Gasteiger partial charge is 0.448 e. The minimum absolute atomic E-state index is 0.138. The number of rotatable bonds is 5. The average molecular weight is 399 g/mol. The Labute approximate surface area is 165 Å². The van der Waals surface area contributed by atoms with Crippen LogP contribution < -0.4 is 5.32 Å². The van der Waals surface area contributed by atoms with Crippen LogP contribution in [0, 0.1) is 6.92 Å². The Balaban J connectivity index is 1.44. The van der Waals surface area contributed by atoms with Crippen molar-refractivity contribution in [2.75, 3.05) is 17.6 Å². The van der Waals surface area contributed by atoms with E-state index in [2.05, 4.69) is 27.4 Å². The third-order valence-electron chi connectivity index (χ3n) is 3.99. The second kappa shape index (κ2) is 7.98. The Bertz CT molecular complexity index is 965. The third-order valence-corrected chi connectivity index (χ3v) is 5.83. The summed E-state index contributed by atoms with van der Waals surface area (Å²) in [5.74, 6) is 1.21. The van der Waals surface area contributed by atoms with Crippen LogP contribution in [0.4, 0.5) is 5.13 Å². The maximum absolute atomic E-state index is 12.6. The lowest BCUT2D eigenvalue weighted by Gasteiger charge is -2.14. The molecule has 3 aromatic rings. The van der Waals surface area contributed by atoms with E-state index < -0.39 is 0 Å². The number of hydrogen-bond donors (Lipinski definition) is 1. The van der Waals surface area contributed by atoms with Gasteiger partial charge in [0.25, 0.3) is 5.91 Å². The van der Waals surface area contributed by atoms with E-state index in [1.165, 1.54) is 11.8 Å². The molecule has 0 spiro atoms. The van der Waals surface area contributed by atoms with Gasteiger partial charge in [-0.1, -0.05) is 30.3 Å². The van der Waals surface area contributed by atoms with Gasteiger partial charge in [0.15, 0.2) is 16.7 Å². The topological polar surface area (TPSA) is 71.3 Å². The lowest BCUT2D eigenvalue weighted by Crippen LogP contribution is -2.27. The number of aryl methyl sites for hydroxylation is 1. The molecule has 4 rings (SSSR count). The molecule has 1 aliphatic rings. The van der Waals surface area contributed by atoms with Gasteiger partial charge in [-0.2, -0.15) is 0 Å². The maximum Gasteiger partial charge on any atom is 0.280 e. The van der Waals surface area contributed by atoms with Gasteiger partial charge in [0.2, 0.25) is 0 Å². The number of amides is 1. The summed E-state index contributed by atoms with van der Waals surface area (Å²) < 4.78 is 5.16. The number of anilines is 1. The third kappa shape index (κ3) is 4.23. The first kappa shape index (κ1) is 17.8. The fourth-order valence-electron chi connectivity index (χ4n) is 2.68. The molecule has 27 heavy (non-hydrogen) atoms. The fraction of sp³-hybridized carbons (Fsp3) is 0.211. The first-order valence-electron chi connectivity index (χ1n) is 8.51. The van der Waals surface area contributed by atoms with Crippen molar-refractivity contribution in [1.82, 2.24) is 14.9 Å². The monoisotopic (exact) mass is 398 g/mol. The molecule has 0 bridgehead atoms. The molecule has 0 unspecified atom stereocenters. The number of carbonyl (C=O) groups is 1. The Morgan fingerprint density at radius 3 is 2.96 bits per heavy atom. The van der Waals surface area contributed by atoms with Crippen LogP contribution in [0.1, 0.15) is 27.6 Å². The number of carbonyl (C=O) groups excluding carboxylic acids is 1. The van der Waals surface area contributed by atoms with Gasteiger partial charge in [0.05, 0.1) is 10.7 Å². The summed E-state index contributed by atoms with van der Waals surface area (Å²) in [4.78, 5) is 23.1. The Morgan fingerprint density at radius 2 is 2.19 bits per heavy atom. The highest BCUT2D eigenvalue weighted by molar-refractivity contribution is 8.03. The Morgan fingerprint density at radius 1 is 1.33 bits per heavy atom. The molecule has 1 amide bonds. The second-order valence-electron chi connectivity index (χ2n) is 5.96. The van der Waals surface area contributed by atoms with Gasteiger partial charge < -0.3 is 14.6 Å². The maximum atomic E-state index is 12.6. The van der Waals surface area contributed by atoms with E-state index >= 15 is 0 Å². The summed E-state index contributed by atoms with van der Waals surface area (Å²) in [6.07, 6.45) is 3.36. The predicted molar refractivity (Wildman–Crippen MR) is 109 cm³/mol.